The lowest BCUT2D eigenvalue weighted by atomic mass is 9.92. The number of benzene rings is 1. The van der Waals surface area contributed by atoms with Crippen LogP contribution in [0.4, 0.5) is 5.69 Å². The number of amides is 1. The van der Waals surface area contributed by atoms with Gasteiger partial charge >= 0.3 is 0 Å². The van der Waals surface area contributed by atoms with Crippen LogP contribution < -0.4 is 10.6 Å². The van der Waals surface area contributed by atoms with Gasteiger partial charge in [0, 0.05) is 24.3 Å². The van der Waals surface area contributed by atoms with Gasteiger partial charge in [-0.15, -0.1) is 12.4 Å². The molecule has 0 unspecified atom stereocenters. The standard InChI is InChI=1S/C18H28N2O3.ClH/c1-3-22-9-10-23-13-15-5-4-6-17(12-15)20-18(21)16-7-8-19-14(2)11-16;/h4-6,12,14,16,19H,3,7-11,13H2,1-2H3,(H,20,21);1H/t14-,16-;/m0./s1. The minimum atomic E-state index is 0. The van der Waals surface area contributed by atoms with Gasteiger partial charge in [0.2, 0.25) is 5.91 Å². The lowest BCUT2D eigenvalue weighted by Crippen LogP contribution is -2.40. The van der Waals surface area contributed by atoms with E-state index >= 15 is 0 Å². The molecule has 0 aliphatic carbocycles. The molecule has 0 spiro atoms. The minimum Gasteiger partial charge on any atom is -0.379 e. The first-order chi connectivity index (χ1) is 11.2. The highest BCUT2D eigenvalue weighted by atomic mass is 35.5. The zero-order valence-corrected chi connectivity index (χ0v) is 15.4. The number of carbonyl (C=O) groups is 1. The molecule has 6 heteroatoms. The maximum Gasteiger partial charge on any atom is 0.227 e. The van der Waals surface area contributed by atoms with E-state index in [1.807, 2.05) is 31.2 Å². The van der Waals surface area contributed by atoms with Crippen LogP contribution in [0.5, 0.6) is 0 Å². The second-order valence-electron chi connectivity index (χ2n) is 6.02. The van der Waals surface area contributed by atoms with Crippen molar-refractivity contribution >= 4 is 24.0 Å². The summed E-state index contributed by atoms with van der Waals surface area (Å²) in [6.07, 6.45) is 1.79. The zero-order valence-electron chi connectivity index (χ0n) is 14.5. The Bertz CT molecular complexity index is 499. The van der Waals surface area contributed by atoms with Crippen LogP contribution in [0, 0.1) is 5.92 Å². The number of nitrogens with one attached hydrogen (secondary N) is 2. The summed E-state index contributed by atoms with van der Waals surface area (Å²) in [7, 11) is 0. The first kappa shape index (κ1) is 20.9. The Balaban J connectivity index is 0.00000288. The molecule has 136 valence electrons. The van der Waals surface area contributed by atoms with E-state index in [-0.39, 0.29) is 24.2 Å². The minimum absolute atomic E-state index is 0. The fourth-order valence-electron chi connectivity index (χ4n) is 2.81. The van der Waals surface area contributed by atoms with E-state index in [0.717, 1.165) is 30.6 Å². The monoisotopic (exact) mass is 356 g/mol. The molecule has 1 aromatic carbocycles. The second kappa shape index (κ2) is 11.4. The smallest absolute Gasteiger partial charge is 0.227 e. The third-order valence-electron chi connectivity index (χ3n) is 4.03. The van der Waals surface area contributed by atoms with Gasteiger partial charge in [-0.2, -0.15) is 0 Å². The van der Waals surface area contributed by atoms with E-state index in [4.69, 9.17) is 9.47 Å². The molecule has 2 rings (SSSR count). The van der Waals surface area contributed by atoms with Crippen LogP contribution in [0.3, 0.4) is 0 Å². The molecular weight excluding hydrogens is 328 g/mol. The topological polar surface area (TPSA) is 59.6 Å². The third-order valence-corrected chi connectivity index (χ3v) is 4.03. The van der Waals surface area contributed by atoms with Crippen LogP contribution in [0.25, 0.3) is 0 Å². The van der Waals surface area contributed by atoms with Gasteiger partial charge in [-0.05, 0) is 50.9 Å². The SMILES string of the molecule is CCOCCOCc1cccc(NC(=O)[C@H]2CCN[C@@H](C)C2)c1.Cl. The summed E-state index contributed by atoms with van der Waals surface area (Å²) in [5.41, 5.74) is 1.89. The van der Waals surface area contributed by atoms with E-state index < -0.39 is 0 Å². The molecule has 1 heterocycles. The van der Waals surface area contributed by atoms with Gasteiger partial charge in [0.25, 0.3) is 0 Å². The maximum absolute atomic E-state index is 12.4. The molecule has 1 aliphatic rings. The van der Waals surface area contributed by atoms with Crippen molar-refractivity contribution in [1.82, 2.24) is 5.32 Å². The van der Waals surface area contributed by atoms with Crippen LogP contribution in [0.15, 0.2) is 24.3 Å². The molecule has 5 nitrogen and oxygen atoms in total. The van der Waals surface area contributed by atoms with Gasteiger partial charge in [-0.25, -0.2) is 0 Å². The van der Waals surface area contributed by atoms with Gasteiger partial charge in [0.05, 0.1) is 19.8 Å². The number of ether oxygens (including phenoxy) is 2. The predicted molar refractivity (Wildman–Crippen MR) is 98.7 cm³/mol. The molecule has 0 aromatic heterocycles. The molecule has 0 bridgehead atoms. The Morgan fingerprint density at radius 1 is 1.33 bits per heavy atom. The molecule has 24 heavy (non-hydrogen) atoms. The van der Waals surface area contributed by atoms with Crippen LogP contribution in [-0.4, -0.2) is 38.3 Å². The summed E-state index contributed by atoms with van der Waals surface area (Å²) in [5.74, 6) is 0.213. The first-order valence-electron chi connectivity index (χ1n) is 8.47. The lowest BCUT2D eigenvalue weighted by Gasteiger charge is -2.27. The highest BCUT2D eigenvalue weighted by Gasteiger charge is 2.24. The second-order valence-corrected chi connectivity index (χ2v) is 6.02. The molecule has 2 atom stereocenters. The number of carbonyl (C=O) groups excluding carboxylic acids is 1. The zero-order chi connectivity index (χ0) is 16.5. The van der Waals surface area contributed by atoms with Crippen molar-refractivity contribution in [3.8, 4) is 0 Å². The summed E-state index contributed by atoms with van der Waals surface area (Å²) < 4.78 is 10.8. The molecule has 1 saturated heterocycles. The Hall–Kier alpha value is -1.14. The summed E-state index contributed by atoms with van der Waals surface area (Å²) in [6, 6.07) is 8.25. The molecule has 1 aromatic rings. The predicted octanol–water partition coefficient (Wildman–Crippen LogP) is 2.99. The van der Waals surface area contributed by atoms with E-state index in [2.05, 4.69) is 17.6 Å². The molecule has 1 aliphatic heterocycles. The van der Waals surface area contributed by atoms with Gasteiger partial charge in [0.15, 0.2) is 0 Å². The average Bonchev–Trinajstić information content (AvgIpc) is 2.55. The van der Waals surface area contributed by atoms with E-state index in [1.165, 1.54) is 0 Å². The number of piperidine rings is 1. The Kier molecular flexibility index (Phi) is 9.95. The molecule has 0 radical (unpaired) electrons. The number of rotatable bonds is 8. The fourth-order valence-corrected chi connectivity index (χ4v) is 2.81. The van der Waals surface area contributed by atoms with Crippen molar-refractivity contribution in [2.24, 2.45) is 5.92 Å². The Morgan fingerprint density at radius 3 is 2.88 bits per heavy atom. The number of hydrogen-bond donors (Lipinski definition) is 2. The van der Waals surface area contributed by atoms with E-state index in [0.29, 0.717) is 32.5 Å². The van der Waals surface area contributed by atoms with Crippen molar-refractivity contribution in [2.75, 3.05) is 31.7 Å². The highest BCUT2D eigenvalue weighted by Crippen LogP contribution is 2.19. The maximum atomic E-state index is 12.4. The van der Waals surface area contributed by atoms with Crippen LogP contribution in [0.1, 0.15) is 32.3 Å². The first-order valence-corrected chi connectivity index (χ1v) is 8.47. The molecule has 2 N–H and O–H groups in total. The highest BCUT2D eigenvalue weighted by molar-refractivity contribution is 5.92. The van der Waals surface area contributed by atoms with Crippen molar-refractivity contribution in [3.05, 3.63) is 29.8 Å². The molecule has 0 saturated carbocycles. The van der Waals surface area contributed by atoms with Gasteiger partial charge in [-0.3, -0.25) is 4.79 Å². The molecule has 1 amide bonds. The van der Waals surface area contributed by atoms with E-state index in [9.17, 15) is 4.79 Å². The number of anilines is 1. The summed E-state index contributed by atoms with van der Waals surface area (Å²) in [5, 5.41) is 6.41. The van der Waals surface area contributed by atoms with Crippen LogP contribution in [-0.2, 0) is 20.9 Å². The third kappa shape index (κ3) is 7.18. The van der Waals surface area contributed by atoms with Crippen molar-refractivity contribution in [3.63, 3.8) is 0 Å². The largest absolute Gasteiger partial charge is 0.379 e. The quantitative estimate of drug-likeness (QED) is 0.703. The fraction of sp³-hybridized carbons (Fsp3) is 0.611. The summed E-state index contributed by atoms with van der Waals surface area (Å²) >= 11 is 0. The summed E-state index contributed by atoms with van der Waals surface area (Å²) in [4.78, 5) is 12.4. The van der Waals surface area contributed by atoms with Crippen LogP contribution >= 0.6 is 12.4 Å². The number of hydrogen-bond acceptors (Lipinski definition) is 4. The lowest BCUT2D eigenvalue weighted by molar-refractivity contribution is -0.120. The van der Waals surface area contributed by atoms with Gasteiger partial charge in [-0.1, -0.05) is 12.1 Å². The van der Waals surface area contributed by atoms with E-state index in [1.54, 1.807) is 0 Å². The Labute approximate surface area is 150 Å². The normalized spacial score (nSPS) is 20.2. The van der Waals surface area contributed by atoms with Gasteiger partial charge < -0.3 is 20.1 Å². The molecular formula is C18H29ClN2O3. The number of halogens is 1. The molecule has 1 fully saturated rings. The average molecular weight is 357 g/mol. The summed E-state index contributed by atoms with van der Waals surface area (Å²) in [6.45, 7) is 7.43. The van der Waals surface area contributed by atoms with Crippen molar-refractivity contribution in [2.45, 2.75) is 39.3 Å². The van der Waals surface area contributed by atoms with Crippen molar-refractivity contribution < 1.29 is 14.3 Å². The van der Waals surface area contributed by atoms with Crippen LogP contribution in [0.2, 0.25) is 0 Å². The van der Waals surface area contributed by atoms with Crippen molar-refractivity contribution in [1.29, 1.82) is 0 Å². The van der Waals surface area contributed by atoms with Gasteiger partial charge in [0.1, 0.15) is 0 Å². The Morgan fingerprint density at radius 2 is 2.12 bits per heavy atom.